The molecule has 0 radical (unpaired) electrons. The number of H-pyrrole nitrogens is 1. The summed E-state index contributed by atoms with van der Waals surface area (Å²) in [6, 6.07) is 2.90. The fourth-order valence-corrected chi connectivity index (χ4v) is 1.50. The molecular weight excluding hydrogens is 188 g/mol. The lowest BCUT2D eigenvalue weighted by Gasteiger charge is -1.91. The van der Waals surface area contributed by atoms with Gasteiger partial charge in [0.1, 0.15) is 0 Å². The molecule has 0 aliphatic carbocycles. The van der Waals surface area contributed by atoms with E-state index in [1.54, 1.807) is 6.20 Å². The highest BCUT2D eigenvalue weighted by atomic mass is 32.1. The Bertz CT molecular complexity index is 475. The summed E-state index contributed by atoms with van der Waals surface area (Å²) in [6.45, 7) is 0. The molecular formula is C7H6N4OS. The fourth-order valence-electron chi connectivity index (χ4n) is 0.913. The molecule has 0 aliphatic rings. The van der Waals surface area contributed by atoms with E-state index >= 15 is 0 Å². The van der Waals surface area contributed by atoms with Crippen molar-refractivity contribution in [1.82, 2.24) is 15.2 Å². The fraction of sp³-hybridized carbons (Fsp3) is 0. The molecule has 0 aromatic carbocycles. The molecule has 5 nitrogen and oxygen atoms in total. The highest BCUT2D eigenvalue weighted by Crippen LogP contribution is 2.20. The van der Waals surface area contributed by atoms with Crippen molar-refractivity contribution in [2.75, 3.05) is 5.73 Å². The van der Waals surface area contributed by atoms with Crippen LogP contribution in [0, 0.1) is 0 Å². The maximum Gasteiger partial charge on any atom is 0.203 e. The average molecular weight is 194 g/mol. The molecule has 0 bridgehead atoms. The molecule has 0 saturated carbocycles. The van der Waals surface area contributed by atoms with Gasteiger partial charge < -0.3 is 10.7 Å². The van der Waals surface area contributed by atoms with Gasteiger partial charge in [-0.2, -0.15) is 0 Å². The van der Waals surface area contributed by atoms with Crippen LogP contribution in [0.15, 0.2) is 23.1 Å². The largest absolute Gasteiger partial charge is 0.374 e. The Morgan fingerprint density at radius 1 is 1.46 bits per heavy atom. The molecule has 0 unspecified atom stereocenters. The van der Waals surface area contributed by atoms with Crippen LogP contribution in [0.25, 0.3) is 10.7 Å². The maximum atomic E-state index is 11.0. The molecule has 0 aliphatic heterocycles. The molecule has 0 saturated heterocycles. The Balaban J connectivity index is 2.52. The predicted molar refractivity (Wildman–Crippen MR) is 50.4 cm³/mol. The summed E-state index contributed by atoms with van der Waals surface area (Å²) in [6.07, 6.45) is 1.56. The van der Waals surface area contributed by atoms with Crippen LogP contribution in [0.2, 0.25) is 0 Å². The predicted octanol–water partition coefficient (Wildman–Crippen LogP) is 0.476. The molecule has 2 rings (SSSR count). The molecule has 0 amide bonds. The highest BCUT2D eigenvalue weighted by molar-refractivity contribution is 7.18. The maximum absolute atomic E-state index is 11.0. The lowest BCUT2D eigenvalue weighted by atomic mass is 10.3. The SMILES string of the molecule is Nc1nnc(-c2cc(=O)cc[nH]2)s1. The zero-order valence-corrected chi connectivity index (χ0v) is 7.34. The van der Waals surface area contributed by atoms with Crippen LogP contribution in [0.4, 0.5) is 5.13 Å². The van der Waals surface area contributed by atoms with Crippen LogP contribution in [0.1, 0.15) is 0 Å². The van der Waals surface area contributed by atoms with Gasteiger partial charge in [-0.15, -0.1) is 10.2 Å². The van der Waals surface area contributed by atoms with E-state index in [4.69, 9.17) is 5.73 Å². The Kier molecular flexibility index (Phi) is 1.82. The molecule has 6 heteroatoms. The van der Waals surface area contributed by atoms with Crippen molar-refractivity contribution in [2.24, 2.45) is 0 Å². The Morgan fingerprint density at radius 2 is 2.31 bits per heavy atom. The minimum atomic E-state index is -0.0671. The van der Waals surface area contributed by atoms with Crippen LogP contribution in [0.3, 0.4) is 0 Å². The number of aromatic nitrogens is 3. The normalized spacial score (nSPS) is 10.2. The van der Waals surface area contributed by atoms with E-state index in [2.05, 4.69) is 15.2 Å². The third kappa shape index (κ3) is 1.57. The molecule has 0 atom stereocenters. The van der Waals surface area contributed by atoms with Gasteiger partial charge in [-0.25, -0.2) is 0 Å². The van der Waals surface area contributed by atoms with E-state index in [1.165, 1.54) is 23.5 Å². The molecule has 13 heavy (non-hydrogen) atoms. The van der Waals surface area contributed by atoms with E-state index in [0.29, 0.717) is 15.8 Å². The van der Waals surface area contributed by atoms with E-state index in [9.17, 15) is 4.79 Å². The third-order valence-electron chi connectivity index (χ3n) is 1.44. The smallest absolute Gasteiger partial charge is 0.203 e. The standard InChI is InChI=1S/C7H6N4OS/c8-7-11-10-6(13-7)5-3-4(12)1-2-9-5/h1-3H,(H2,8,11)(H,9,12). The van der Waals surface area contributed by atoms with Gasteiger partial charge in [-0.1, -0.05) is 11.3 Å². The number of nitrogens with two attached hydrogens (primary N) is 1. The second kappa shape index (κ2) is 2.98. The minimum absolute atomic E-state index is 0.0671. The van der Waals surface area contributed by atoms with Crippen LogP contribution < -0.4 is 11.2 Å². The summed E-state index contributed by atoms with van der Waals surface area (Å²) in [5, 5.41) is 8.46. The first kappa shape index (κ1) is 7.93. The van der Waals surface area contributed by atoms with Gasteiger partial charge in [0.05, 0.1) is 5.69 Å². The molecule has 2 aromatic rings. The summed E-state index contributed by atoms with van der Waals surface area (Å²) in [5.41, 5.74) is 5.98. The van der Waals surface area contributed by atoms with E-state index in [-0.39, 0.29) is 5.43 Å². The first-order chi connectivity index (χ1) is 6.25. The van der Waals surface area contributed by atoms with Crippen molar-refractivity contribution in [3.63, 3.8) is 0 Å². The molecule has 66 valence electrons. The number of hydrogen-bond acceptors (Lipinski definition) is 5. The zero-order valence-electron chi connectivity index (χ0n) is 6.52. The Morgan fingerprint density at radius 3 is 2.92 bits per heavy atom. The molecule has 2 heterocycles. The van der Waals surface area contributed by atoms with E-state index in [1.807, 2.05) is 0 Å². The number of aromatic amines is 1. The number of nitrogens with one attached hydrogen (secondary N) is 1. The average Bonchev–Trinajstić information content (AvgIpc) is 2.52. The first-order valence-corrected chi connectivity index (χ1v) is 4.35. The summed E-state index contributed by atoms with van der Waals surface area (Å²) in [5.74, 6) is 0. The monoisotopic (exact) mass is 194 g/mol. The summed E-state index contributed by atoms with van der Waals surface area (Å²) >= 11 is 1.23. The second-order valence-electron chi connectivity index (χ2n) is 2.38. The summed E-state index contributed by atoms with van der Waals surface area (Å²) < 4.78 is 0. The minimum Gasteiger partial charge on any atom is -0.374 e. The first-order valence-electron chi connectivity index (χ1n) is 3.54. The number of hydrogen-bond donors (Lipinski definition) is 2. The van der Waals surface area contributed by atoms with Crippen molar-refractivity contribution in [1.29, 1.82) is 0 Å². The lowest BCUT2D eigenvalue weighted by Crippen LogP contribution is -1.97. The van der Waals surface area contributed by atoms with Crippen LogP contribution in [-0.4, -0.2) is 15.2 Å². The van der Waals surface area contributed by atoms with Crippen LogP contribution in [0.5, 0.6) is 0 Å². The van der Waals surface area contributed by atoms with E-state index < -0.39 is 0 Å². The highest BCUT2D eigenvalue weighted by Gasteiger charge is 2.04. The number of anilines is 1. The van der Waals surface area contributed by atoms with Gasteiger partial charge >= 0.3 is 0 Å². The van der Waals surface area contributed by atoms with Gasteiger partial charge in [0.15, 0.2) is 10.4 Å². The summed E-state index contributed by atoms with van der Waals surface area (Å²) in [4.78, 5) is 13.9. The van der Waals surface area contributed by atoms with Gasteiger partial charge in [0.2, 0.25) is 5.13 Å². The lowest BCUT2D eigenvalue weighted by molar-refractivity contribution is 1.09. The Labute approximate surface area is 77.3 Å². The van der Waals surface area contributed by atoms with Gasteiger partial charge in [-0.3, -0.25) is 4.79 Å². The van der Waals surface area contributed by atoms with Crippen molar-refractivity contribution in [3.8, 4) is 10.7 Å². The van der Waals surface area contributed by atoms with Crippen molar-refractivity contribution >= 4 is 16.5 Å². The van der Waals surface area contributed by atoms with Crippen LogP contribution in [-0.2, 0) is 0 Å². The number of nitrogens with zero attached hydrogens (tertiary/aromatic N) is 2. The van der Waals surface area contributed by atoms with Gasteiger partial charge in [-0.05, 0) is 0 Å². The Hall–Kier alpha value is -1.69. The quantitative estimate of drug-likeness (QED) is 0.691. The molecule has 0 spiro atoms. The topological polar surface area (TPSA) is 84.7 Å². The van der Waals surface area contributed by atoms with Crippen molar-refractivity contribution in [2.45, 2.75) is 0 Å². The van der Waals surface area contributed by atoms with Gasteiger partial charge in [0, 0.05) is 18.3 Å². The van der Waals surface area contributed by atoms with Gasteiger partial charge in [0.25, 0.3) is 0 Å². The molecule has 3 N–H and O–H groups in total. The van der Waals surface area contributed by atoms with E-state index in [0.717, 1.165) is 0 Å². The third-order valence-corrected chi connectivity index (χ3v) is 2.23. The number of rotatable bonds is 1. The van der Waals surface area contributed by atoms with Crippen LogP contribution >= 0.6 is 11.3 Å². The zero-order chi connectivity index (χ0) is 9.26. The van der Waals surface area contributed by atoms with Crippen molar-refractivity contribution < 1.29 is 0 Å². The molecule has 0 fully saturated rings. The number of pyridine rings is 1. The molecule has 2 aromatic heterocycles. The second-order valence-corrected chi connectivity index (χ2v) is 3.39. The van der Waals surface area contributed by atoms with Crippen molar-refractivity contribution in [3.05, 3.63) is 28.6 Å². The number of nitrogen functional groups attached to an aromatic ring is 1. The summed E-state index contributed by atoms with van der Waals surface area (Å²) in [7, 11) is 0.